The molecule has 0 spiro atoms. The molecule has 6 heteroatoms. The van der Waals surface area contributed by atoms with Gasteiger partial charge in [0.05, 0.1) is 11.7 Å². The van der Waals surface area contributed by atoms with Crippen LogP contribution in [0.3, 0.4) is 0 Å². The molecular formula is C6H8N2O3S. The summed E-state index contributed by atoms with van der Waals surface area (Å²) in [7, 11) is 0. The second-order valence-electron chi connectivity index (χ2n) is 2.02. The third-order valence-electron chi connectivity index (χ3n) is 1.01. The smallest absolute Gasteiger partial charge is 0.328 e. The van der Waals surface area contributed by atoms with Gasteiger partial charge in [0, 0.05) is 6.92 Å². The van der Waals surface area contributed by atoms with Gasteiger partial charge in [-0.25, -0.2) is 9.79 Å². The number of hydrogen-bond donors (Lipinski definition) is 2. The quantitative estimate of drug-likeness (QED) is 0.468. The first-order valence-corrected chi connectivity index (χ1v) is 3.52. The highest BCUT2D eigenvalue weighted by atomic mass is 32.1. The fraction of sp³-hybridized carbons (Fsp3) is 0.500. The number of carbonyl (C=O) groups excluding carboxylic acids is 1. The highest BCUT2D eigenvalue weighted by molar-refractivity contribution is 7.78. The topological polar surface area (TPSA) is 78.8 Å². The molecule has 5 nitrogen and oxygen atoms in total. The normalized spacial score (nSPS) is 11.1. The van der Waals surface area contributed by atoms with Gasteiger partial charge in [-0.2, -0.15) is 0 Å². The van der Waals surface area contributed by atoms with E-state index in [2.05, 4.69) is 22.5 Å². The number of nitrogens with zero attached hydrogens (tertiary/aromatic N) is 1. The summed E-state index contributed by atoms with van der Waals surface area (Å²) < 4.78 is 0. The molecule has 0 aliphatic rings. The van der Waals surface area contributed by atoms with Crippen LogP contribution in [0.5, 0.6) is 0 Å². The Hall–Kier alpha value is -1.26. The van der Waals surface area contributed by atoms with Gasteiger partial charge in [-0.05, 0) is 12.2 Å². The zero-order valence-electron chi connectivity index (χ0n) is 6.40. The zero-order valence-corrected chi connectivity index (χ0v) is 7.22. The largest absolute Gasteiger partial charge is 0.480 e. The number of carboxylic acid groups (broad SMARTS) is 1. The Labute approximate surface area is 74.5 Å². The van der Waals surface area contributed by atoms with Crippen LogP contribution in [0.4, 0.5) is 0 Å². The minimum Gasteiger partial charge on any atom is -0.480 e. The number of rotatable bonds is 4. The number of amides is 1. The molecule has 0 aromatic heterocycles. The Kier molecular flexibility index (Phi) is 4.83. The molecule has 0 aliphatic carbocycles. The van der Waals surface area contributed by atoms with Crippen molar-refractivity contribution in [1.82, 2.24) is 5.32 Å². The fourth-order valence-electron chi connectivity index (χ4n) is 0.559. The van der Waals surface area contributed by atoms with E-state index in [-0.39, 0.29) is 6.54 Å². The molecule has 66 valence electrons. The second kappa shape index (κ2) is 5.40. The Morgan fingerprint density at radius 2 is 2.33 bits per heavy atom. The number of carboxylic acids is 1. The first kappa shape index (κ1) is 10.7. The van der Waals surface area contributed by atoms with Crippen LogP contribution in [-0.2, 0) is 9.59 Å². The summed E-state index contributed by atoms with van der Waals surface area (Å²) in [6.45, 7) is 1.15. The maximum Gasteiger partial charge on any atom is 0.328 e. The maximum absolute atomic E-state index is 10.5. The average molecular weight is 188 g/mol. The van der Waals surface area contributed by atoms with Crippen molar-refractivity contribution in [2.45, 2.75) is 13.0 Å². The standard InChI is InChI=1S/C6H8N2O3S/c1-4(9)8-5(6(10)11)2-7-3-12/h5H,2H2,1H3,(H,8,9)(H,10,11). The molecule has 0 radical (unpaired) electrons. The highest BCUT2D eigenvalue weighted by Crippen LogP contribution is 1.85. The molecule has 0 bridgehead atoms. The summed E-state index contributed by atoms with van der Waals surface area (Å²) in [5.41, 5.74) is 0. The van der Waals surface area contributed by atoms with Crippen LogP contribution in [0.2, 0.25) is 0 Å². The summed E-state index contributed by atoms with van der Waals surface area (Å²) in [6, 6.07) is -1.02. The Balaban J connectivity index is 4.13. The van der Waals surface area contributed by atoms with Crippen molar-refractivity contribution in [3.05, 3.63) is 0 Å². The number of thiocarbonyl (C=S) groups is 1. The lowest BCUT2D eigenvalue weighted by molar-refractivity contribution is -0.141. The minimum atomic E-state index is -1.14. The van der Waals surface area contributed by atoms with Gasteiger partial charge in [0.2, 0.25) is 5.91 Å². The molecule has 0 heterocycles. The van der Waals surface area contributed by atoms with E-state index in [0.29, 0.717) is 0 Å². The second-order valence-corrected chi connectivity index (χ2v) is 2.21. The molecule has 0 aromatic carbocycles. The predicted octanol–water partition coefficient (Wildman–Crippen LogP) is -0.321. The van der Waals surface area contributed by atoms with Crippen LogP contribution in [-0.4, -0.2) is 34.7 Å². The molecule has 0 fully saturated rings. The number of aliphatic imine (C=N–C) groups is 1. The zero-order chi connectivity index (χ0) is 9.56. The van der Waals surface area contributed by atoms with Gasteiger partial charge >= 0.3 is 5.97 Å². The van der Waals surface area contributed by atoms with E-state index in [1.54, 1.807) is 0 Å². The first-order chi connectivity index (χ1) is 5.57. The SMILES string of the molecule is CC(=O)NC(CN=C=S)C(=O)O. The van der Waals surface area contributed by atoms with Crippen molar-refractivity contribution in [3.63, 3.8) is 0 Å². The molecule has 1 unspecified atom stereocenters. The average Bonchev–Trinajstić information content (AvgIpc) is 1.96. The van der Waals surface area contributed by atoms with E-state index in [9.17, 15) is 9.59 Å². The van der Waals surface area contributed by atoms with Crippen molar-refractivity contribution in [3.8, 4) is 0 Å². The van der Waals surface area contributed by atoms with E-state index in [1.165, 1.54) is 6.92 Å². The van der Waals surface area contributed by atoms with Crippen molar-refractivity contribution in [2.75, 3.05) is 6.54 Å². The van der Waals surface area contributed by atoms with Crippen LogP contribution in [0.1, 0.15) is 6.92 Å². The summed E-state index contributed by atoms with van der Waals surface area (Å²) in [5, 5.41) is 12.7. The van der Waals surface area contributed by atoms with Gasteiger partial charge in [0.25, 0.3) is 0 Å². The molecule has 0 aliphatic heterocycles. The van der Waals surface area contributed by atoms with Gasteiger partial charge in [-0.1, -0.05) is 0 Å². The summed E-state index contributed by atoms with van der Waals surface area (Å²) in [6.07, 6.45) is 0. The number of carbonyl (C=O) groups is 2. The summed E-state index contributed by atoms with van der Waals surface area (Å²) >= 11 is 4.25. The number of nitrogens with one attached hydrogen (secondary N) is 1. The highest BCUT2D eigenvalue weighted by Gasteiger charge is 2.16. The fourth-order valence-corrected chi connectivity index (χ4v) is 0.634. The Morgan fingerprint density at radius 3 is 2.67 bits per heavy atom. The molecule has 2 N–H and O–H groups in total. The molecule has 1 atom stereocenters. The number of isothiocyanates is 1. The van der Waals surface area contributed by atoms with Crippen LogP contribution >= 0.6 is 12.2 Å². The van der Waals surface area contributed by atoms with E-state index < -0.39 is 17.9 Å². The van der Waals surface area contributed by atoms with Crippen molar-refractivity contribution < 1.29 is 14.7 Å². The predicted molar refractivity (Wildman–Crippen MR) is 45.1 cm³/mol. The van der Waals surface area contributed by atoms with Crippen LogP contribution in [0.25, 0.3) is 0 Å². The molecule has 0 saturated carbocycles. The van der Waals surface area contributed by atoms with Crippen LogP contribution in [0, 0.1) is 0 Å². The Bertz CT molecular complexity index is 231. The first-order valence-electron chi connectivity index (χ1n) is 3.11. The third-order valence-corrected chi connectivity index (χ3v) is 1.14. The number of aliphatic carboxylic acids is 1. The van der Waals surface area contributed by atoms with Crippen LogP contribution in [0.15, 0.2) is 4.99 Å². The van der Waals surface area contributed by atoms with Gasteiger partial charge in [-0.15, -0.1) is 0 Å². The monoisotopic (exact) mass is 188 g/mol. The van der Waals surface area contributed by atoms with Gasteiger partial charge < -0.3 is 10.4 Å². The third kappa shape index (κ3) is 4.54. The van der Waals surface area contributed by atoms with E-state index in [0.717, 1.165) is 0 Å². The van der Waals surface area contributed by atoms with Gasteiger partial charge in [0.1, 0.15) is 6.04 Å². The number of hydrogen-bond acceptors (Lipinski definition) is 4. The van der Waals surface area contributed by atoms with Crippen LogP contribution < -0.4 is 5.32 Å². The molecular weight excluding hydrogens is 180 g/mol. The lowest BCUT2D eigenvalue weighted by atomic mass is 10.3. The summed E-state index contributed by atoms with van der Waals surface area (Å²) in [4.78, 5) is 24.3. The summed E-state index contributed by atoms with van der Waals surface area (Å²) in [5.74, 6) is -1.55. The lowest BCUT2D eigenvalue weighted by Gasteiger charge is -2.08. The van der Waals surface area contributed by atoms with Crippen molar-refractivity contribution in [1.29, 1.82) is 0 Å². The van der Waals surface area contributed by atoms with Crippen molar-refractivity contribution >= 4 is 29.3 Å². The Morgan fingerprint density at radius 1 is 1.75 bits per heavy atom. The van der Waals surface area contributed by atoms with Crippen molar-refractivity contribution in [2.24, 2.45) is 4.99 Å². The lowest BCUT2D eigenvalue weighted by Crippen LogP contribution is -2.41. The minimum absolute atomic E-state index is 0.0849. The molecule has 0 saturated heterocycles. The van der Waals surface area contributed by atoms with Gasteiger partial charge in [0.15, 0.2) is 0 Å². The molecule has 12 heavy (non-hydrogen) atoms. The van der Waals surface area contributed by atoms with E-state index in [1.807, 2.05) is 5.16 Å². The maximum atomic E-state index is 10.5. The molecule has 1 amide bonds. The molecule has 0 aromatic rings. The van der Waals surface area contributed by atoms with E-state index >= 15 is 0 Å². The van der Waals surface area contributed by atoms with Gasteiger partial charge in [-0.3, -0.25) is 4.79 Å². The van der Waals surface area contributed by atoms with E-state index in [4.69, 9.17) is 5.11 Å². The molecule has 0 rings (SSSR count).